The lowest BCUT2D eigenvalue weighted by Gasteiger charge is -2.72. The first-order chi connectivity index (χ1) is 34.8. The average molecular weight is 989 g/mol. The molecule has 16 rings (SSSR count). The van der Waals surface area contributed by atoms with Gasteiger partial charge in [-0.15, -0.1) is 0 Å². The predicted molar refractivity (Wildman–Crippen MR) is 258 cm³/mol. The van der Waals surface area contributed by atoms with E-state index in [1.807, 2.05) is 6.07 Å². The maximum atomic E-state index is 16.5. The highest BCUT2D eigenvalue weighted by Gasteiger charge is 2.98. The summed E-state index contributed by atoms with van der Waals surface area (Å²) in [7, 11) is 0. The number of ketones is 1. The van der Waals surface area contributed by atoms with Gasteiger partial charge in [-0.1, -0.05) is 51.2 Å². The summed E-state index contributed by atoms with van der Waals surface area (Å²) in [5, 5.41) is 40.1. The molecule has 5 saturated heterocycles. The highest BCUT2D eigenvalue weighted by atomic mass is 16.7. The second-order valence-corrected chi connectivity index (χ2v) is 27.6. The normalized spacial score (nSPS) is 53.3. The van der Waals surface area contributed by atoms with Crippen LogP contribution in [0, 0.1) is 86.3 Å². The summed E-state index contributed by atoms with van der Waals surface area (Å²) in [5.74, 6) is -1.00. The Kier molecular flexibility index (Phi) is 9.09. The number of carbonyl (C=O) groups is 3. The number of furan rings is 1. The molecule has 13 fully saturated rings. The number of hydrogen-bond donors (Lipinski definition) is 4. The Morgan fingerprint density at radius 2 is 1.75 bits per heavy atom. The molecule has 8 saturated carbocycles. The summed E-state index contributed by atoms with van der Waals surface area (Å²) in [4.78, 5) is 49.7. The van der Waals surface area contributed by atoms with Crippen molar-refractivity contribution in [3.63, 3.8) is 0 Å². The summed E-state index contributed by atoms with van der Waals surface area (Å²) in [6.45, 7) is 5.93. The zero-order valence-corrected chi connectivity index (χ0v) is 42.4. The Morgan fingerprint density at radius 1 is 0.917 bits per heavy atom. The first-order valence-corrected chi connectivity index (χ1v) is 29.0. The van der Waals surface area contributed by atoms with Crippen molar-refractivity contribution in [2.75, 3.05) is 26.4 Å². The Labute approximate surface area is 422 Å². The molecule has 13 heteroatoms. The van der Waals surface area contributed by atoms with Crippen LogP contribution in [-0.4, -0.2) is 106 Å². The molecule has 0 radical (unpaired) electrons. The van der Waals surface area contributed by atoms with Gasteiger partial charge >= 0.3 is 11.9 Å². The van der Waals surface area contributed by atoms with Gasteiger partial charge in [0, 0.05) is 35.4 Å². The minimum atomic E-state index is -1.44. The Bertz CT molecular complexity index is 2600. The number of nitrogens with zero attached hydrogens (tertiary/aromatic N) is 1. The lowest BCUT2D eigenvalue weighted by Crippen LogP contribution is -2.82. The lowest BCUT2D eigenvalue weighted by atomic mass is 9.30. The van der Waals surface area contributed by atoms with Crippen molar-refractivity contribution in [2.45, 2.75) is 183 Å². The molecule has 0 amide bonds. The van der Waals surface area contributed by atoms with E-state index in [1.54, 1.807) is 6.26 Å². The van der Waals surface area contributed by atoms with Gasteiger partial charge in [-0.25, -0.2) is 4.79 Å². The number of ether oxygens (including phenoxy) is 4. The minimum Gasteiger partial charge on any atom is -0.469 e. The standard InChI is InChI=1S/C59H76N2O11/c1-52-25-33-26-55-35(13-19-54(55)16-6-7-17-54)23-36-12-18-53(2)45-43(64)47(65)57(34-8-4-3-5-9-34,44(33)56(45)29-69-50(66)46(55)58(36,56)72-53)59(52)49(71-59)51(67)70-48(52)38-15-21-68-42(38)24-39(41(63)28-62)31-10-11-37-32(22-31)14-20-61-30-60-27-40(37)61/h12,14-15,20-21,31-35,37,39-41,44-49,60,62-63,65H,3-11,13,16-19,22-30H2,1-2H3. The fraction of sp³-hybridized carbons (Fsp3) is 0.814. The number of epoxide rings is 1. The number of allylic oxidation sites excluding steroid dienone is 1. The van der Waals surface area contributed by atoms with Gasteiger partial charge in [-0.2, -0.15) is 0 Å². The van der Waals surface area contributed by atoms with Crippen molar-refractivity contribution in [3.05, 3.63) is 47.6 Å². The molecule has 1 aromatic heterocycles. The number of Topliss-reactive ketones (excluding diaryl/α,β-unsaturated/α-hetero) is 1. The zero-order chi connectivity index (χ0) is 48.7. The van der Waals surface area contributed by atoms with E-state index in [4.69, 9.17) is 23.4 Å². The van der Waals surface area contributed by atoms with Crippen molar-refractivity contribution >= 4 is 17.7 Å². The first-order valence-electron chi connectivity index (χ1n) is 29.0. The topological polar surface area (TPSA) is 181 Å². The number of nitrogens with one attached hydrogen (secondary N) is 1. The van der Waals surface area contributed by atoms with Crippen LogP contribution in [0.5, 0.6) is 0 Å². The van der Waals surface area contributed by atoms with Crippen LogP contribution in [0.25, 0.3) is 0 Å². The summed E-state index contributed by atoms with van der Waals surface area (Å²) in [6, 6.07) is 2.43. The van der Waals surface area contributed by atoms with E-state index in [0.29, 0.717) is 42.9 Å². The molecule has 21 atom stereocenters. The number of hydrogen-bond acceptors (Lipinski definition) is 13. The van der Waals surface area contributed by atoms with E-state index in [2.05, 4.69) is 42.4 Å². The number of esters is 2. The summed E-state index contributed by atoms with van der Waals surface area (Å²) in [6.07, 6.45) is 21.7. The Balaban J connectivity index is 0.883. The van der Waals surface area contributed by atoms with Crippen molar-refractivity contribution in [2.24, 2.45) is 86.3 Å². The number of aliphatic hydroxyl groups is 3. The van der Waals surface area contributed by atoms with E-state index >= 15 is 14.4 Å². The zero-order valence-electron chi connectivity index (χ0n) is 42.4. The molecular formula is C59H76N2O11. The average Bonchev–Trinajstić information content (AvgIpc) is 3.99. The van der Waals surface area contributed by atoms with Gasteiger partial charge in [0.1, 0.15) is 35.8 Å². The number of fused-ring (bicyclic) bond motifs is 5. The van der Waals surface area contributed by atoms with Crippen LogP contribution in [0.1, 0.15) is 147 Å². The summed E-state index contributed by atoms with van der Waals surface area (Å²) >= 11 is 0. The third-order valence-electron chi connectivity index (χ3n) is 25.9. The van der Waals surface area contributed by atoms with Crippen molar-refractivity contribution in [1.29, 1.82) is 0 Å². The molecule has 388 valence electrons. The monoisotopic (exact) mass is 989 g/mol. The van der Waals surface area contributed by atoms with Crippen LogP contribution in [0.2, 0.25) is 0 Å². The molecule has 7 aliphatic heterocycles. The van der Waals surface area contributed by atoms with Gasteiger partial charge in [0.05, 0.1) is 48.5 Å². The Morgan fingerprint density at radius 3 is 2.57 bits per heavy atom. The molecule has 8 heterocycles. The second kappa shape index (κ2) is 14.5. The van der Waals surface area contributed by atoms with Gasteiger partial charge in [-0.3, -0.25) is 14.9 Å². The second-order valence-electron chi connectivity index (χ2n) is 27.6. The van der Waals surface area contributed by atoms with Crippen LogP contribution < -0.4 is 5.32 Å². The molecule has 0 aromatic carbocycles. The van der Waals surface area contributed by atoms with Crippen LogP contribution in [0.15, 0.2) is 40.7 Å². The maximum Gasteiger partial charge on any atom is 0.339 e. The molecule has 8 aliphatic carbocycles. The van der Waals surface area contributed by atoms with Gasteiger partial charge in [0.2, 0.25) is 0 Å². The SMILES string of the molecule is CC12CC=C3CC4CCC5(CCCC5)C45CC4CC6(C)C(c7ccoc7CC(C(O)CO)C7CCC8C(C=CN9CNCC89)C7)OC(=O)C7OC76C6(C7CCCCC7)C(O)C(=O)C1C1(COC(=O)C5C31O2)C46. The number of rotatable bonds is 7. The van der Waals surface area contributed by atoms with Crippen LogP contribution in [0.3, 0.4) is 0 Å². The predicted octanol–water partition coefficient (Wildman–Crippen LogP) is 6.87. The van der Waals surface area contributed by atoms with E-state index in [9.17, 15) is 15.3 Å². The van der Waals surface area contributed by atoms with Gasteiger partial charge in [0.25, 0.3) is 0 Å². The highest BCUT2D eigenvalue weighted by Crippen LogP contribution is 2.91. The van der Waals surface area contributed by atoms with E-state index in [1.165, 1.54) is 5.57 Å². The van der Waals surface area contributed by atoms with E-state index < -0.39 is 80.7 Å². The fourth-order valence-corrected chi connectivity index (χ4v) is 24.1. The largest absolute Gasteiger partial charge is 0.469 e. The van der Waals surface area contributed by atoms with Crippen molar-refractivity contribution in [3.8, 4) is 0 Å². The molecule has 21 unspecified atom stereocenters. The third-order valence-corrected chi connectivity index (χ3v) is 25.9. The molecule has 15 aliphatic rings. The quantitative estimate of drug-likeness (QED) is 0.127. The van der Waals surface area contributed by atoms with Crippen molar-refractivity contribution in [1.82, 2.24) is 10.2 Å². The summed E-state index contributed by atoms with van der Waals surface area (Å²) in [5.41, 5.74) is -4.96. The number of cyclic esters (lactones) is 2. The van der Waals surface area contributed by atoms with Gasteiger partial charge < -0.3 is 43.6 Å². The molecule has 13 nitrogen and oxygen atoms in total. The minimum absolute atomic E-state index is 0.0714. The summed E-state index contributed by atoms with van der Waals surface area (Å²) < 4.78 is 35.7. The molecule has 4 N–H and O–H groups in total. The van der Waals surface area contributed by atoms with E-state index in [0.717, 1.165) is 122 Å². The molecule has 5 spiro atoms. The van der Waals surface area contributed by atoms with Gasteiger partial charge in [-0.05, 0) is 166 Å². The first kappa shape index (κ1) is 45.2. The molecule has 1 aromatic rings. The fourth-order valence-electron chi connectivity index (χ4n) is 24.1. The smallest absolute Gasteiger partial charge is 0.339 e. The van der Waals surface area contributed by atoms with E-state index in [-0.39, 0.29) is 65.9 Å². The molecular weight excluding hydrogens is 913 g/mol. The van der Waals surface area contributed by atoms with Crippen LogP contribution in [-0.2, 0) is 39.8 Å². The number of carbonyl (C=O) groups excluding carboxylic acids is 3. The molecule has 5 bridgehead atoms. The lowest BCUT2D eigenvalue weighted by molar-refractivity contribution is -0.300. The van der Waals surface area contributed by atoms with Gasteiger partial charge in [0.15, 0.2) is 11.9 Å². The van der Waals surface area contributed by atoms with Crippen molar-refractivity contribution < 1.29 is 53.1 Å². The highest BCUT2D eigenvalue weighted by molar-refractivity contribution is 5.94. The Hall–Kier alpha value is -3.07. The van der Waals surface area contributed by atoms with Crippen LogP contribution >= 0.6 is 0 Å². The third kappa shape index (κ3) is 4.77. The molecule has 72 heavy (non-hydrogen) atoms. The number of aliphatic hydroxyl groups excluding tert-OH is 3. The van der Waals surface area contributed by atoms with Crippen LogP contribution in [0.4, 0.5) is 0 Å². The maximum absolute atomic E-state index is 16.5.